The molecule has 0 aliphatic heterocycles. The molecule has 5 aromatic rings. The van der Waals surface area contributed by atoms with E-state index in [1.807, 2.05) is 65.1 Å². The van der Waals surface area contributed by atoms with E-state index < -0.39 is 30.6 Å². The maximum atomic E-state index is 13.4. The van der Waals surface area contributed by atoms with E-state index in [4.69, 9.17) is 4.98 Å². The van der Waals surface area contributed by atoms with E-state index >= 15 is 0 Å². The number of carbonyl (C=O) groups excluding carboxylic acids is 1. The number of aryl methyl sites for hydroxylation is 1. The normalized spacial score (nSPS) is 15.4. The van der Waals surface area contributed by atoms with Crippen LogP contribution in [0, 0.1) is 30.2 Å². The molecule has 2 aromatic heterocycles. The number of allylic oxidation sites excluding steroid dienone is 2. The largest absolute Gasteiger partial charge is 0.512 e. The van der Waals surface area contributed by atoms with E-state index in [1.54, 1.807) is 11.3 Å². The van der Waals surface area contributed by atoms with Crippen molar-refractivity contribution in [3.05, 3.63) is 89.3 Å². The zero-order valence-corrected chi connectivity index (χ0v) is 39.1. The van der Waals surface area contributed by atoms with E-state index in [-0.39, 0.29) is 67.7 Å². The summed E-state index contributed by atoms with van der Waals surface area (Å²) in [5.74, 6) is 0.464. The summed E-state index contributed by atoms with van der Waals surface area (Å²) in [7, 11) is 0. The third kappa shape index (κ3) is 11.6. The van der Waals surface area contributed by atoms with Gasteiger partial charge >= 0.3 is 12.4 Å². The number of carbonyl (C=O) groups is 1. The molecule has 1 aliphatic carbocycles. The molecule has 0 atom stereocenters. The fraction of sp³-hybridized carbons (Fsp3) is 0.510. The van der Waals surface area contributed by atoms with Gasteiger partial charge in [-0.1, -0.05) is 89.7 Å². The fourth-order valence-electron chi connectivity index (χ4n) is 9.12. The minimum absolute atomic E-state index is 0. The Balaban J connectivity index is 0.000000425. The van der Waals surface area contributed by atoms with Crippen LogP contribution in [0.15, 0.2) is 66.6 Å². The van der Waals surface area contributed by atoms with Gasteiger partial charge in [0.25, 0.3) is 0 Å². The number of aromatic nitrogens is 1. The summed E-state index contributed by atoms with van der Waals surface area (Å²) in [6.45, 7) is 16.7. The van der Waals surface area contributed by atoms with Crippen molar-refractivity contribution >= 4 is 48.1 Å². The molecule has 1 N–H and O–H groups in total. The van der Waals surface area contributed by atoms with Gasteiger partial charge in [-0.3, -0.25) is 9.78 Å². The summed E-state index contributed by atoms with van der Waals surface area (Å²) in [5, 5.41) is 14.1. The molecule has 329 valence electrons. The van der Waals surface area contributed by atoms with Gasteiger partial charge in [0.15, 0.2) is 5.78 Å². The molecule has 60 heavy (non-hydrogen) atoms. The van der Waals surface area contributed by atoms with Gasteiger partial charge in [-0.15, -0.1) is 40.5 Å². The van der Waals surface area contributed by atoms with Crippen molar-refractivity contribution in [3.63, 3.8) is 0 Å². The number of pyridine rings is 1. The molecule has 6 rings (SSSR count). The van der Waals surface area contributed by atoms with Gasteiger partial charge < -0.3 is 5.11 Å². The van der Waals surface area contributed by atoms with Crippen molar-refractivity contribution in [2.45, 2.75) is 143 Å². The first-order chi connectivity index (χ1) is 27.6. The average molecular weight is 1030 g/mol. The molecule has 0 bridgehead atoms. The second kappa shape index (κ2) is 19.8. The van der Waals surface area contributed by atoms with Gasteiger partial charge in [0, 0.05) is 77.5 Å². The number of nitrogens with zero attached hydrogens (tertiary/aromatic N) is 1. The van der Waals surface area contributed by atoms with Crippen molar-refractivity contribution < 1.29 is 56.3 Å². The molecule has 0 amide bonds. The Bertz CT molecular complexity index is 2250. The molecule has 1 fully saturated rings. The van der Waals surface area contributed by atoms with Crippen molar-refractivity contribution in [3.8, 4) is 11.3 Å². The topological polar surface area (TPSA) is 50.2 Å². The molecular formula is C49H58F6IrNO2S-. The summed E-state index contributed by atoms with van der Waals surface area (Å²) in [6.07, 6.45) is -4.91. The van der Waals surface area contributed by atoms with E-state index in [9.17, 15) is 36.2 Å². The molecule has 11 heteroatoms. The number of aliphatic hydroxyl groups is 1. The number of hydrogen-bond donors (Lipinski definition) is 1. The number of halogens is 6. The van der Waals surface area contributed by atoms with Gasteiger partial charge in [-0.2, -0.15) is 26.3 Å². The maximum Gasteiger partial charge on any atom is 0.389 e. The number of ketones is 1. The first kappa shape index (κ1) is 49.4. The zero-order chi connectivity index (χ0) is 43.5. The zero-order valence-electron chi connectivity index (χ0n) is 35.9. The van der Waals surface area contributed by atoms with Gasteiger partial charge in [0.05, 0.1) is 5.76 Å². The Morgan fingerprint density at radius 1 is 0.850 bits per heavy atom. The fourth-order valence-corrected chi connectivity index (χ4v) is 10.4. The van der Waals surface area contributed by atoms with Crippen molar-refractivity contribution in [1.29, 1.82) is 0 Å². The summed E-state index contributed by atoms with van der Waals surface area (Å²) >= 11 is 1.64. The number of benzene rings is 3. The van der Waals surface area contributed by atoms with E-state index in [0.717, 1.165) is 79.0 Å². The Morgan fingerprint density at radius 3 is 1.97 bits per heavy atom. The molecule has 1 saturated carbocycles. The van der Waals surface area contributed by atoms with E-state index in [0.29, 0.717) is 12.8 Å². The monoisotopic (exact) mass is 1030 g/mol. The van der Waals surface area contributed by atoms with Crippen molar-refractivity contribution in [2.75, 3.05) is 0 Å². The third-order valence-corrected chi connectivity index (χ3v) is 13.8. The molecule has 3 aromatic carbocycles. The van der Waals surface area contributed by atoms with Gasteiger partial charge in [0.2, 0.25) is 0 Å². The standard InChI is InChI=1S/C36H34F6NS.C13H24O2.Ir/c1-21-25(22-11-14-34(15-12-22,19-35(37,38)39)20-36(40,41)42)9-10-27-28-13-16-43-30(32(28)44-31(21)27)24-17-23-7-5-6-8-26(23)29(18-24)33(2,3)4;1-5-10(6-2)12(14)9-13(15)11(7-3)8-4;/h5-10,13,16,18,22H,11-12,14-15,19-20H2,1-4H3;9-11,14H,5-8H2,1-4H3;/q-1;;/b;12-9-;. The smallest absolute Gasteiger partial charge is 0.389 e. The van der Waals surface area contributed by atoms with Crippen LogP contribution in [0.4, 0.5) is 26.3 Å². The molecule has 0 saturated heterocycles. The number of alkyl halides is 6. The first-order valence-corrected chi connectivity index (χ1v) is 21.8. The van der Waals surface area contributed by atoms with Crippen LogP contribution in [-0.2, 0) is 30.3 Å². The van der Waals surface area contributed by atoms with Crippen LogP contribution in [-0.4, -0.2) is 28.2 Å². The predicted octanol–water partition coefficient (Wildman–Crippen LogP) is 16.1. The minimum Gasteiger partial charge on any atom is -0.512 e. The van der Waals surface area contributed by atoms with Crippen LogP contribution >= 0.6 is 11.3 Å². The third-order valence-electron chi connectivity index (χ3n) is 12.4. The Hall–Kier alpha value is -3.27. The molecule has 0 spiro atoms. The molecule has 0 unspecified atom stereocenters. The summed E-state index contributed by atoms with van der Waals surface area (Å²) in [5.41, 5.74) is 3.15. The number of rotatable bonds is 11. The van der Waals surface area contributed by atoms with Crippen LogP contribution < -0.4 is 0 Å². The minimum atomic E-state index is -4.63. The van der Waals surface area contributed by atoms with Crippen LogP contribution in [0.1, 0.15) is 135 Å². The van der Waals surface area contributed by atoms with Crippen molar-refractivity contribution in [1.82, 2.24) is 4.98 Å². The Morgan fingerprint density at radius 2 is 1.42 bits per heavy atom. The number of hydrogen-bond acceptors (Lipinski definition) is 4. The number of fused-ring (bicyclic) bond motifs is 4. The van der Waals surface area contributed by atoms with Gasteiger partial charge in [0.1, 0.15) is 0 Å². The SMILES string of the molecule is CCC(CC)C(=O)/C=C(\O)C(CC)CC.Cc1c(C2CCC(CC(F)(F)F)(CC(F)(F)F)CC2)ccc2c1sc1c(-c3[c-]c4ccccc4c(C(C)(C)C)c3)nccc12.[Ir]. The number of thiophene rings is 1. The van der Waals surface area contributed by atoms with Gasteiger partial charge in [-0.05, 0) is 97.6 Å². The van der Waals surface area contributed by atoms with Crippen LogP contribution in [0.2, 0.25) is 0 Å². The first-order valence-electron chi connectivity index (χ1n) is 21.0. The molecule has 2 heterocycles. The summed E-state index contributed by atoms with van der Waals surface area (Å²) in [4.78, 5) is 16.5. The second-order valence-electron chi connectivity index (χ2n) is 17.5. The molecule has 3 nitrogen and oxygen atoms in total. The quantitative estimate of drug-likeness (QED) is 0.0621. The van der Waals surface area contributed by atoms with Crippen LogP contribution in [0.3, 0.4) is 0 Å². The second-order valence-corrected chi connectivity index (χ2v) is 18.6. The average Bonchev–Trinajstić information content (AvgIpc) is 3.54. The molecular weight excluding hydrogens is 973 g/mol. The van der Waals surface area contributed by atoms with E-state index in [2.05, 4.69) is 51.1 Å². The van der Waals surface area contributed by atoms with E-state index in [1.165, 1.54) is 11.6 Å². The van der Waals surface area contributed by atoms with Gasteiger partial charge in [-0.25, -0.2) is 0 Å². The van der Waals surface area contributed by atoms with Crippen LogP contribution in [0.25, 0.3) is 42.2 Å². The molecule has 1 aliphatic rings. The predicted molar refractivity (Wildman–Crippen MR) is 231 cm³/mol. The number of aliphatic hydroxyl groups excluding tert-OH is 1. The molecule has 1 radical (unpaired) electrons. The summed E-state index contributed by atoms with van der Waals surface area (Å²) in [6, 6.07) is 20.1. The Labute approximate surface area is 368 Å². The summed E-state index contributed by atoms with van der Waals surface area (Å²) < 4.78 is 82.3. The Kier molecular flexibility index (Phi) is 16.3. The van der Waals surface area contributed by atoms with Crippen LogP contribution in [0.5, 0.6) is 0 Å². The van der Waals surface area contributed by atoms with Crippen molar-refractivity contribution in [2.24, 2.45) is 17.3 Å². The maximum absolute atomic E-state index is 13.4.